The van der Waals surface area contributed by atoms with Gasteiger partial charge in [-0.25, -0.2) is 8.42 Å². The van der Waals surface area contributed by atoms with Gasteiger partial charge in [-0.3, -0.25) is 4.79 Å². The molecule has 0 saturated carbocycles. The van der Waals surface area contributed by atoms with E-state index in [1.807, 2.05) is 6.07 Å². The summed E-state index contributed by atoms with van der Waals surface area (Å²) in [5.74, 6) is 0.709. The van der Waals surface area contributed by atoms with E-state index in [0.717, 1.165) is 11.3 Å². The molecule has 0 aliphatic carbocycles. The Labute approximate surface area is 123 Å². The van der Waals surface area contributed by atoms with Crippen molar-refractivity contribution in [2.45, 2.75) is 24.3 Å². The monoisotopic (exact) mass is 307 g/mol. The van der Waals surface area contributed by atoms with Crippen LogP contribution in [0.2, 0.25) is 0 Å². The fourth-order valence-corrected chi connectivity index (χ4v) is 2.47. The van der Waals surface area contributed by atoms with Crippen LogP contribution in [0.15, 0.2) is 52.0 Å². The standard InChI is InChI=1S/C15H17NO4S/c1-21(18,19)14-7-4-12(5-8-14)11-16-15(17)9-6-13-3-2-10-20-13/h2-5,7-8,10H,6,9,11H2,1H3,(H,16,17). The summed E-state index contributed by atoms with van der Waals surface area (Å²) in [6.45, 7) is 0.376. The molecule has 0 atom stereocenters. The zero-order chi connectivity index (χ0) is 15.3. The van der Waals surface area contributed by atoms with Gasteiger partial charge in [-0.05, 0) is 29.8 Å². The molecule has 1 aromatic carbocycles. The number of amides is 1. The maximum Gasteiger partial charge on any atom is 0.220 e. The van der Waals surface area contributed by atoms with Crippen molar-refractivity contribution in [2.75, 3.05) is 6.26 Å². The molecule has 0 aliphatic heterocycles. The van der Waals surface area contributed by atoms with E-state index in [-0.39, 0.29) is 10.8 Å². The Bertz CT molecular complexity index is 688. The molecule has 0 aliphatic rings. The molecule has 0 radical (unpaired) electrons. The molecule has 1 heterocycles. The normalized spacial score (nSPS) is 11.3. The molecule has 6 heteroatoms. The summed E-state index contributed by atoms with van der Waals surface area (Å²) in [5.41, 5.74) is 0.855. The fourth-order valence-electron chi connectivity index (χ4n) is 1.84. The molecule has 0 saturated heterocycles. The lowest BCUT2D eigenvalue weighted by Gasteiger charge is -2.05. The van der Waals surface area contributed by atoms with Crippen LogP contribution in [0.1, 0.15) is 17.7 Å². The summed E-state index contributed by atoms with van der Waals surface area (Å²) in [4.78, 5) is 12.0. The number of carbonyl (C=O) groups is 1. The minimum atomic E-state index is -3.18. The number of carbonyl (C=O) groups excluding carboxylic acids is 1. The lowest BCUT2D eigenvalue weighted by molar-refractivity contribution is -0.121. The Morgan fingerprint density at radius 2 is 1.90 bits per heavy atom. The van der Waals surface area contributed by atoms with Gasteiger partial charge in [0.1, 0.15) is 5.76 Å². The molecule has 112 valence electrons. The summed E-state index contributed by atoms with van der Waals surface area (Å²) in [7, 11) is -3.18. The summed E-state index contributed by atoms with van der Waals surface area (Å²) >= 11 is 0. The van der Waals surface area contributed by atoms with Gasteiger partial charge in [-0.2, -0.15) is 0 Å². The molecule has 0 fully saturated rings. The van der Waals surface area contributed by atoms with Gasteiger partial charge in [-0.1, -0.05) is 12.1 Å². The lowest BCUT2D eigenvalue weighted by atomic mass is 10.2. The van der Waals surface area contributed by atoms with Crippen LogP contribution in [0, 0.1) is 0 Å². The third-order valence-corrected chi connectivity index (χ3v) is 4.15. The maximum absolute atomic E-state index is 11.7. The molecule has 1 N–H and O–H groups in total. The van der Waals surface area contributed by atoms with Gasteiger partial charge >= 0.3 is 0 Å². The second-order valence-electron chi connectivity index (χ2n) is 4.77. The van der Waals surface area contributed by atoms with Crippen LogP contribution in [0.4, 0.5) is 0 Å². The smallest absolute Gasteiger partial charge is 0.220 e. The molecule has 1 amide bonds. The van der Waals surface area contributed by atoms with Crippen LogP contribution in [-0.4, -0.2) is 20.6 Å². The van der Waals surface area contributed by atoms with Crippen molar-refractivity contribution in [2.24, 2.45) is 0 Å². The van der Waals surface area contributed by atoms with Crippen molar-refractivity contribution in [3.8, 4) is 0 Å². The van der Waals surface area contributed by atoms with E-state index in [1.165, 1.54) is 6.26 Å². The molecule has 5 nitrogen and oxygen atoms in total. The Morgan fingerprint density at radius 3 is 2.48 bits per heavy atom. The van der Waals surface area contributed by atoms with E-state index >= 15 is 0 Å². The number of hydrogen-bond acceptors (Lipinski definition) is 4. The highest BCUT2D eigenvalue weighted by molar-refractivity contribution is 7.90. The first kappa shape index (κ1) is 15.3. The highest BCUT2D eigenvalue weighted by Gasteiger charge is 2.07. The van der Waals surface area contributed by atoms with Gasteiger partial charge < -0.3 is 9.73 Å². The average Bonchev–Trinajstić information content (AvgIpc) is 2.95. The molecular weight excluding hydrogens is 290 g/mol. The van der Waals surface area contributed by atoms with Crippen LogP contribution in [0.25, 0.3) is 0 Å². The average molecular weight is 307 g/mol. The highest BCUT2D eigenvalue weighted by atomic mass is 32.2. The van der Waals surface area contributed by atoms with Crippen molar-refractivity contribution < 1.29 is 17.6 Å². The van der Waals surface area contributed by atoms with Gasteiger partial charge in [0.2, 0.25) is 5.91 Å². The number of rotatable bonds is 6. The molecule has 21 heavy (non-hydrogen) atoms. The zero-order valence-corrected chi connectivity index (χ0v) is 12.5. The third kappa shape index (κ3) is 4.75. The van der Waals surface area contributed by atoms with E-state index in [0.29, 0.717) is 19.4 Å². The molecule has 0 spiro atoms. The fraction of sp³-hybridized carbons (Fsp3) is 0.267. The number of aryl methyl sites for hydroxylation is 1. The molecule has 0 unspecified atom stereocenters. The number of nitrogens with one attached hydrogen (secondary N) is 1. The molecule has 1 aromatic heterocycles. The Morgan fingerprint density at radius 1 is 1.19 bits per heavy atom. The summed E-state index contributed by atoms with van der Waals surface area (Å²) in [6, 6.07) is 10.1. The zero-order valence-electron chi connectivity index (χ0n) is 11.7. The maximum atomic E-state index is 11.7. The van der Waals surface area contributed by atoms with Crippen LogP contribution in [0.5, 0.6) is 0 Å². The SMILES string of the molecule is CS(=O)(=O)c1ccc(CNC(=O)CCc2ccco2)cc1. The van der Waals surface area contributed by atoms with Crippen LogP contribution < -0.4 is 5.32 Å². The summed E-state index contributed by atoms with van der Waals surface area (Å²) in [6.07, 6.45) is 3.66. The summed E-state index contributed by atoms with van der Waals surface area (Å²) < 4.78 is 27.8. The van der Waals surface area contributed by atoms with Crippen LogP contribution in [-0.2, 0) is 27.6 Å². The molecule has 2 aromatic rings. The van der Waals surface area contributed by atoms with Gasteiger partial charge in [0.25, 0.3) is 0 Å². The predicted molar refractivity (Wildman–Crippen MR) is 78.4 cm³/mol. The van der Waals surface area contributed by atoms with E-state index in [9.17, 15) is 13.2 Å². The minimum absolute atomic E-state index is 0.0708. The van der Waals surface area contributed by atoms with E-state index in [4.69, 9.17) is 4.42 Å². The highest BCUT2D eigenvalue weighted by Crippen LogP contribution is 2.10. The van der Waals surface area contributed by atoms with Crippen molar-refractivity contribution in [3.63, 3.8) is 0 Å². The first-order chi connectivity index (χ1) is 9.95. The summed E-state index contributed by atoms with van der Waals surface area (Å²) in [5, 5.41) is 2.79. The quantitative estimate of drug-likeness (QED) is 0.884. The first-order valence-corrected chi connectivity index (χ1v) is 8.42. The number of benzene rings is 1. The Kier molecular flexibility index (Phi) is 4.80. The van der Waals surface area contributed by atoms with Gasteiger partial charge in [0.05, 0.1) is 11.2 Å². The first-order valence-electron chi connectivity index (χ1n) is 6.53. The predicted octanol–water partition coefficient (Wildman–Crippen LogP) is 1.93. The Hall–Kier alpha value is -2.08. The van der Waals surface area contributed by atoms with E-state index < -0.39 is 9.84 Å². The van der Waals surface area contributed by atoms with Gasteiger partial charge in [0.15, 0.2) is 9.84 Å². The Balaban J connectivity index is 1.81. The minimum Gasteiger partial charge on any atom is -0.469 e. The number of furan rings is 1. The topological polar surface area (TPSA) is 76.4 Å². The molecular formula is C15H17NO4S. The van der Waals surface area contributed by atoms with Crippen molar-refractivity contribution in [3.05, 3.63) is 54.0 Å². The van der Waals surface area contributed by atoms with E-state index in [2.05, 4.69) is 5.32 Å². The van der Waals surface area contributed by atoms with Gasteiger partial charge in [-0.15, -0.1) is 0 Å². The van der Waals surface area contributed by atoms with Crippen molar-refractivity contribution in [1.82, 2.24) is 5.32 Å². The van der Waals surface area contributed by atoms with Crippen molar-refractivity contribution in [1.29, 1.82) is 0 Å². The van der Waals surface area contributed by atoms with Gasteiger partial charge in [0, 0.05) is 25.6 Å². The molecule has 2 rings (SSSR count). The van der Waals surface area contributed by atoms with E-state index in [1.54, 1.807) is 36.6 Å². The number of hydrogen-bond donors (Lipinski definition) is 1. The van der Waals surface area contributed by atoms with Crippen LogP contribution in [0.3, 0.4) is 0 Å². The molecule has 0 bridgehead atoms. The van der Waals surface area contributed by atoms with Crippen LogP contribution >= 0.6 is 0 Å². The lowest BCUT2D eigenvalue weighted by Crippen LogP contribution is -2.22. The second kappa shape index (κ2) is 6.58. The van der Waals surface area contributed by atoms with Crippen molar-refractivity contribution >= 4 is 15.7 Å². The largest absolute Gasteiger partial charge is 0.469 e. The second-order valence-corrected chi connectivity index (χ2v) is 6.79. The third-order valence-electron chi connectivity index (χ3n) is 3.02. The number of sulfone groups is 1.